The minimum atomic E-state index is 0.217. The van der Waals surface area contributed by atoms with Crippen LogP contribution in [0.2, 0.25) is 0 Å². The number of hydrogen-bond donors (Lipinski definition) is 1. The van der Waals surface area contributed by atoms with Crippen LogP contribution in [-0.4, -0.2) is 16.7 Å². The van der Waals surface area contributed by atoms with E-state index in [1.165, 1.54) is 23.1 Å². The molecule has 1 aromatic heterocycles. The maximum Gasteiger partial charge on any atom is 0.243 e. The zero-order valence-corrected chi connectivity index (χ0v) is 13.0. The molecule has 1 N–H and O–H groups in total. The zero-order chi connectivity index (χ0) is 14.8. The van der Waals surface area contributed by atoms with Gasteiger partial charge in [-0.25, -0.2) is 0 Å². The molecule has 112 valence electrons. The van der Waals surface area contributed by atoms with Gasteiger partial charge in [-0.05, 0) is 55.8 Å². The average molecular weight is 285 g/mol. The van der Waals surface area contributed by atoms with Gasteiger partial charge in [0, 0.05) is 6.42 Å². The Labute approximate surface area is 126 Å². The molecule has 0 saturated carbocycles. The second-order valence-corrected chi connectivity index (χ2v) is 6.28. The fraction of sp³-hybridized carbons (Fsp3) is 0.529. The van der Waals surface area contributed by atoms with Crippen LogP contribution in [0.3, 0.4) is 0 Å². The Kier molecular flexibility index (Phi) is 4.06. The Morgan fingerprint density at radius 1 is 1.29 bits per heavy atom. The van der Waals surface area contributed by atoms with Gasteiger partial charge in [-0.1, -0.05) is 30.3 Å². The van der Waals surface area contributed by atoms with E-state index in [-0.39, 0.29) is 6.04 Å². The average Bonchev–Trinajstić information content (AvgIpc) is 2.91. The van der Waals surface area contributed by atoms with Crippen LogP contribution in [0.5, 0.6) is 0 Å². The lowest BCUT2D eigenvalue weighted by Gasteiger charge is -2.25. The van der Waals surface area contributed by atoms with Crippen molar-refractivity contribution >= 4 is 0 Å². The molecule has 0 radical (unpaired) electrons. The van der Waals surface area contributed by atoms with Crippen LogP contribution in [0.25, 0.3) is 0 Å². The van der Waals surface area contributed by atoms with Crippen LogP contribution < -0.4 is 5.32 Å². The van der Waals surface area contributed by atoms with E-state index in [1.807, 2.05) is 0 Å². The highest BCUT2D eigenvalue weighted by atomic mass is 16.5. The number of hydrogen-bond acceptors (Lipinski definition) is 4. The Bertz CT molecular complexity index is 620. The molecule has 2 unspecified atom stereocenters. The van der Waals surface area contributed by atoms with Gasteiger partial charge in [-0.2, -0.15) is 4.98 Å². The minimum Gasteiger partial charge on any atom is -0.338 e. The Balaban J connectivity index is 1.71. The molecule has 21 heavy (non-hydrogen) atoms. The number of aromatic nitrogens is 2. The van der Waals surface area contributed by atoms with Gasteiger partial charge >= 0.3 is 0 Å². The summed E-state index contributed by atoms with van der Waals surface area (Å²) in [6.07, 6.45) is 3.03. The van der Waals surface area contributed by atoms with E-state index in [9.17, 15) is 0 Å². The van der Waals surface area contributed by atoms with Crippen molar-refractivity contribution < 1.29 is 4.52 Å². The molecule has 1 aliphatic rings. The molecule has 2 atom stereocenters. The summed E-state index contributed by atoms with van der Waals surface area (Å²) in [7, 11) is 0. The summed E-state index contributed by atoms with van der Waals surface area (Å²) in [6, 6.07) is 6.71. The molecule has 2 aromatic rings. The molecule has 1 aliphatic heterocycles. The van der Waals surface area contributed by atoms with Crippen molar-refractivity contribution in [2.75, 3.05) is 6.54 Å². The minimum absolute atomic E-state index is 0.217. The fourth-order valence-corrected chi connectivity index (χ4v) is 2.87. The smallest absolute Gasteiger partial charge is 0.243 e. The summed E-state index contributed by atoms with van der Waals surface area (Å²) in [4.78, 5) is 4.58. The highest BCUT2D eigenvalue weighted by Gasteiger charge is 2.24. The number of aryl methyl sites for hydroxylation is 2. The van der Waals surface area contributed by atoms with E-state index in [0.717, 1.165) is 31.1 Å². The van der Waals surface area contributed by atoms with Gasteiger partial charge in [0.05, 0.1) is 6.04 Å². The molecule has 4 nitrogen and oxygen atoms in total. The third-order valence-corrected chi connectivity index (χ3v) is 4.38. The lowest BCUT2D eigenvalue weighted by atomic mass is 9.94. The molecule has 0 amide bonds. The van der Waals surface area contributed by atoms with E-state index < -0.39 is 0 Å². The van der Waals surface area contributed by atoms with Crippen LogP contribution in [0, 0.1) is 19.8 Å². The molecular weight excluding hydrogens is 262 g/mol. The van der Waals surface area contributed by atoms with Crippen molar-refractivity contribution in [1.29, 1.82) is 0 Å². The largest absolute Gasteiger partial charge is 0.338 e. The molecule has 1 fully saturated rings. The van der Waals surface area contributed by atoms with Gasteiger partial charge in [-0.3, -0.25) is 0 Å². The first-order valence-electron chi connectivity index (χ1n) is 7.74. The summed E-state index contributed by atoms with van der Waals surface area (Å²) < 4.78 is 5.46. The van der Waals surface area contributed by atoms with E-state index in [4.69, 9.17) is 4.52 Å². The number of benzene rings is 1. The van der Waals surface area contributed by atoms with Crippen molar-refractivity contribution in [2.45, 2.75) is 46.1 Å². The molecule has 1 saturated heterocycles. The van der Waals surface area contributed by atoms with Gasteiger partial charge < -0.3 is 9.84 Å². The summed E-state index contributed by atoms with van der Waals surface area (Å²) in [5.41, 5.74) is 3.85. The monoisotopic (exact) mass is 285 g/mol. The molecule has 3 rings (SSSR count). The SMILES string of the molecule is Cc1ccc(Cc2noc(C3CC(C)CCN3)n2)cc1C. The van der Waals surface area contributed by atoms with Crippen molar-refractivity contribution in [1.82, 2.24) is 15.5 Å². The maximum atomic E-state index is 5.46. The summed E-state index contributed by atoms with van der Waals surface area (Å²) in [5.74, 6) is 2.22. The van der Waals surface area contributed by atoms with E-state index in [2.05, 4.69) is 54.4 Å². The molecule has 1 aromatic carbocycles. The van der Waals surface area contributed by atoms with Crippen LogP contribution in [-0.2, 0) is 6.42 Å². The topological polar surface area (TPSA) is 51.0 Å². The Hall–Kier alpha value is -1.68. The lowest BCUT2D eigenvalue weighted by molar-refractivity contribution is 0.259. The highest BCUT2D eigenvalue weighted by molar-refractivity contribution is 5.31. The van der Waals surface area contributed by atoms with E-state index in [1.54, 1.807) is 0 Å². The van der Waals surface area contributed by atoms with Gasteiger partial charge in [-0.15, -0.1) is 0 Å². The molecule has 0 bridgehead atoms. The van der Waals surface area contributed by atoms with Crippen molar-refractivity contribution in [3.8, 4) is 0 Å². The van der Waals surface area contributed by atoms with Gasteiger partial charge in [0.1, 0.15) is 0 Å². The summed E-state index contributed by atoms with van der Waals surface area (Å²) in [6.45, 7) is 7.57. The molecule has 4 heteroatoms. The summed E-state index contributed by atoms with van der Waals surface area (Å²) >= 11 is 0. The number of rotatable bonds is 3. The lowest BCUT2D eigenvalue weighted by Crippen LogP contribution is -2.30. The third kappa shape index (κ3) is 3.32. The second kappa shape index (κ2) is 5.98. The van der Waals surface area contributed by atoms with Crippen LogP contribution in [0.1, 0.15) is 54.2 Å². The first-order chi connectivity index (χ1) is 10.1. The maximum absolute atomic E-state index is 5.46. The number of nitrogens with one attached hydrogen (secondary N) is 1. The standard InChI is InChI=1S/C17H23N3O/c1-11-6-7-18-15(8-11)17-19-16(20-21-17)10-14-5-4-12(2)13(3)9-14/h4-5,9,11,15,18H,6-8,10H2,1-3H3. The number of nitrogens with zero attached hydrogens (tertiary/aromatic N) is 2. The third-order valence-electron chi connectivity index (χ3n) is 4.38. The molecular formula is C17H23N3O. The van der Waals surface area contributed by atoms with Gasteiger partial charge in [0.2, 0.25) is 5.89 Å². The first-order valence-corrected chi connectivity index (χ1v) is 7.74. The molecule has 0 aliphatic carbocycles. The van der Waals surface area contributed by atoms with E-state index >= 15 is 0 Å². The zero-order valence-electron chi connectivity index (χ0n) is 13.0. The number of piperidine rings is 1. The van der Waals surface area contributed by atoms with Gasteiger partial charge in [0.15, 0.2) is 5.82 Å². The van der Waals surface area contributed by atoms with E-state index in [0.29, 0.717) is 5.92 Å². The Morgan fingerprint density at radius 3 is 2.90 bits per heavy atom. The second-order valence-electron chi connectivity index (χ2n) is 6.28. The van der Waals surface area contributed by atoms with Crippen LogP contribution >= 0.6 is 0 Å². The first kappa shape index (κ1) is 14.3. The van der Waals surface area contributed by atoms with Crippen molar-refractivity contribution in [3.05, 3.63) is 46.6 Å². The van der Waals surface area contributed by atoms with Crippen LogP contribution in [0.4, 0.5) is 0 Å². The Morgan fingerprint density at radius 2 is 2.14 bits per heavy atom. The predicted molar refractivity (Wildman–Crippen MR) is 82.2 cm³/mol. The molecule has 0 spiro atoms. The van der Waals surface area contributed by atoms with Crippen molar-refractivity contribution in [3.63, 3.8) is 0 Å². The summed E-state index contributed by atoms with van der Waals surface area (Å²) in [5, 5.41) is 7.60. The van der Waals surface area contributed by atoms with Crippen molar-refractivity contribution in [2.24, 2.45) is 5.92 Å². The normalized spacial score (nSPS) is 22.4. The van der Waals surface area contributed by atoms with Crippen LogP contribution in [0.15, 0.2) is 22.7 Å². The highest BCUT2D eigenvalue weighted by Crippen LogP contribution is 2.26. The van der Waals surface area contributed by atoms with Gasteiger partial charge in [0.25, 0.3) is 0 Å². The molecule has 2 heterocycles. The fourth-order valence-electron chi connectivity index (χ4n) is 2.87. The quantitative estimate of drug-likeness (QED) is 0.939. The predicted octanol–water partition coefficient (Wildman–Crippen LogP) is 3.34.